The lowest BCUT2D eigenvalue weighted by atomic mass is 9.85. The average Bonchev–Trinajstić information content (AvgIpc) is 3.04. The second-order valence-electron chi connectivity index (χ2n) is 7.65. The van der Waals surface area contributed by atoms with Gasteiger partial charge in [0.15, 0.2) is 5.65 Å². The Morgan fingerprint density at radius 3 is 2.71 bits per heavy atom. The third-order valence-corrected chi connectivity index (χ3v) is 5.66. The van der Waals surface area contributed by atoms with Crippen molar-refractivity contribution < 1.29 is 14.7 Å². The van der Waals surface area contributed by atoms with Crippen LogP contribution in [0.2, 0.25) is 0 Å². The molecule has 2 heterocycles. The van der Waals surface area contributed by atoms with E-state index in [4.69, 9.17) is 5.11 Å². The number of amides is 1. The summed E-state index contributed by atoms with van der Waals surface area (Å²) in [5.41, 5.74) is 2.12. The van der Waals surface area contributed by atoms with Gasteiger partial charge in [0.05, 0.1) is 29.7 Å². The number of hydrogen-bond donors (Lipinski definition) is 2. The van der Waals surface area contributed by atoms with Crippen molar-refractivity contribution in [1.29, 1.82) is 0 Å². The van der Waals surface area contributed by atoms with Gasteiger partial charge in [0.25, 0.3) is 5.91 Å². The highest BCUT2D eigenvalue weighted by Crippen LogP contribution is 2.27. The molecule has 1 atom stereocenters. The zero-order valence-corrected chi connectivity index (χ0v) is 17.0. The molecule has 2 N–H and O–H groups in total. The predicted molar refractivity (Wildman–Crippen MR) is 106 cm³/mol. The van der Waals surface area contributed by atoms with E-state index in [0.29, 0.717) is 12.1 Å². The molecule has 1 saturated carbocycles. The number of fused-ring (bicyclic) bond motifs is 1. The van der Waals surface area contributed by atoms with E-state index in [2.05, 4.69) is 29.2 Å². The number of nitrogens with zero attached hydrogens (tertiary/aromatic N) is 4. The van der Waals surface area contributed by atoms with Crippen LogP contribution in [0.5, 0.6) is 0 Å². The van der Waals surface area contributed by atoms with Crippen LogP contribution >= 0.6 is 0 Å². The topological polar surface area (TPSA) is 100 Å². The molecule has 1 fully saturated rings. The lowest BCUT2D eigenvalue weighted by Gasteiger charge is -2.42. The first-order valence-corrected chi connectivity index (χ1v) is 9.95. The maximum atomic E-state index is 12.9. The summed E-state index contributed by atoms with van der Waals surface area (Å²) in [5, 5.41) is 17.3. The van der Waals surface area contributed by atoms with Crippen molar-refractivity contribution in [2.45, 2.75) is 65.1 Å². The highest BCUT2D eigenvalue weighted by molar-refractivity contribution is 6.05. The molecule has 0 radical (unpaired) electrons. The minimum Gasteiger partial charge on any atom is -0.480 e. The first-order valence-electron chi connectivity index (χ1n) is 9.95. The molecule has 3 rings (SSSR count). The van der Waals surface area contributed by atoms with Gasteiger partial charge in [0.2, 0.25) is 0 Å². The molecule has 0 spiro atoms. The molecule has 2 aromatic rings. The summed E-state index contributed by atoms with van der Waals surface area (Å²) in [6.07, 6.45) is 4.19. The number of likely N-dealkylation sites (N-methyl/N-ethyl adjacent to an activating group) is 1. The van der Waals surface area contributed by atoms with Gasteiger partial charge < -0.3 is 10.4 Å². The van der Waals surface area contributed by atoms with Gasteiger partial charge in [0.1, 0.15) is 0 Å². The minimum absolute atomic E-state index is 0.0425. The highest BCUT2D eigenvalue weighted by Gasteiger charge is 2.35. The van der Waals surface area contributed by atoms with Crippen molar-refractivity contribution in [3.8, 4) is 0 Å². The Balaban J connectivity index is 1.71. The van der Waals surface area contributed by atoms with Crippen LogP contribution in [0.3, 0.4) is 0 Å². The number of carboxylic acid groups (broad SMARTS) is 1. The summed E-state index contributed by atoms with van der Waals surface area (Å²) in [7, 11) is 0. The van der Waals surface area contributed by atoms with Crippen LogP contribution in [0.1, 0.15) is 62.1 Å². The lowest BCUT2D eigenvalue weighted by molar-refractivity contribution is -0.139. The number of aromatic nitrogens is 3. The summed E-state index contributed by atoms with van der Waals surface area (Å²) in [6, 6.07) is 2.29. The van der Waals surface area contributed by atoms with E-state index in [1.807, 2.05) is 23.4 Å². The van der Waals surface area contributed by atoms with E-state index in [0.717, 1.165) is 36.0 Å². The number of carboxylic acids is 1. The maximum Gasteiger partial charge on any atom is 0.317 e. The van der Waals surface area contributed by atoms with Crippen molar-refractivity contribution in [1.82, 2.24) is 25.0 Å². The number of pyridine rings is 1. The fraction of sp³-hybridized carbons (Fsp3) is 0.600. The fourth-order valence-corrected chi connectivity index (χ4v) is 3.77. The number of carbonyl (C=O) groups is 2. The van der Waals surface area contributed by atoms with Gasteiger partial charge in [0, 0.05) is 17.8 Å². The summed E-state index contributed by atoms with van der Waals surface area (Å²) in [6.45, 7) is 8.76. The van der Waals surface area contributed by atoms with Crippen molar-refractivity contribution >= 4 is 22.9 Å². The summed E-state index contributed by atoms with van der Waals surface area (Å²) in [4.78, 5) is 30.4. The van der Waals surface area contributed by atoms with Crippen molar-refractivity contribution in [2.75, 3.05) is 13.1 Å². The molecular weight excluding hydrogens is 358 g/mol. The summed E-state index contributed by atoms with van der Waals surface area (Å²) < 4.78 is 1.88. The van der Waals surface area contributed by atoms with Crippen molar-refractivity contribution in [2.24, 2.45) is 0 Å². The minimum atomic E-state index is -0.817. The molecule has 0 bridgehead atoms. The normalized spacial score (nSPS) is 20.2. The van der Waals surface area contributed by atoms with Gasteiger partial charge in [-0.2, -0.15) is 5.10 Å². The Kier molecular flexibility index (Phi) is 5.98. The Labute approximate surface area is 164 Å². The van der Waals surface area contributed by atoms with Gasteiger partial charge in [-0.1, -0.05) is 13.8 Å². The molecule has 2 aromatic heterocycles. The molecule has 28 heavy (non-hydrogen) atoms. The van der Waals surface area contributed by atoms with Crippen LogP contribution in [0.15, 0.2) is 12.3 Å². The maximum absolute atomic E-state index is 12.9. The molecule has 1 unspecified atom stereocenters. The number of aryl methyl sites for hydroxylation is 1. The molecule has 1 aliphatic carbocycles. The van der Waals surface area contributed by atoms with E-state index in [1.54, 1.807) is 12.3 Å². The second kappa shape index (κ2) is 8.26. The first-order chi connectivity index (χ1) is 13.3. The van der Waals surface area contributed by atoms with Crippen LogP contribution in [-0.4, -0.2) is 61.8 Å². The Morgan fingerprint density at radius 2 is 2.11 bits per heavy atom. The third-order valence-electron chi connectivity index (χ3n) is 5.66. The fourth-order valence-electron chi connectivity index (χ4n) is 3.77. The second-order valence-corrected chi connectivity index (χ2v) is 7.65. The van der Waals surface area contributed by atoms with Gasteiger partial charge >= 0.3 is 5.97 Å². The van der Waals surface area contributed by atoms with Gasteiger partial charge in [-0.15, -0.1) is 0 Å². The molecule has 0 saturated heterocycles. The largest absolute Gasteiger partial charge is 0.480 e. The SMILES string of the molecule is CCC(C)n1ncc2c(C(=O)NC3CC(N(CC)CC(=O)O)C3)cc(C)nc21. The molecule has 0 aromatic carbocycles. The zero-order valence-electron chi connectivity index (χ0n) is 17.0. The Morgan fingerprint density at radius 1 is 1.39 bits per heavy atom. The van der Waals surface area contributed by atoms with E-state index < -0.39 is 5.97 Å². The molecule has 1 aliphatic rings. The van der Waals surface area contributed by atoms with Crippen LogP contribution in [-0.2, 0) is 4.79 Å². The van der Waals surface area contributed by atoms with Gasteiger partial charge in [-0.25, -0.2) is 9.67 Å². The number of aliphatic carboxylic acids is 1. The first kappa shape index (κ1) is 20.3. The monoisotopic (exact) mass is 387 g/mol. The standard InChI is InChI=1S/C20H29N5O3/c1-5-13(4)25-19-17(10-21-25)16(7-12(3)22-19)20(28)23-14-8-15(9-14)24(6-2)11-18(26)27/h7,10,13-15H,5-6,8-9,11H2,1-4H3,(H,23,28)(H,26,27). The molecular formula is C20H29N5O3. The van der Waals surface area contributed by atoms with Crippen LogP contribution in [0.25, 0.3) is 11.0 Å². The molecule has 0 aliphatic heterocycles. The molecule has 8 nitrogen and oxygen atoms in total. The molecule has 152 valence electrons. The molecule has 1 amide bonds. The van der Waals surface area contributed by atoms with Gasteiger partial charge in [-0.05, 0) is 45.7 Å². The smallest absolute Gasteiger partial charge is 0.317 e. The van der Waals surface area contributed by atoms with E-state index in [1.165, 1.54) is 0 Å². The van der Waals surface area contributed by atoms with E-state index >= 15 is 0 Å². The van der Waals surface area contributed by atoms with Crippen LogP contribution < -0.4 is 5.32 Å². The van der Waals surface area contributed by atoms with Crippen LogP contribution in [0.4, 0.5) is 0 Å². The average molecular weight is 387 g/mol. The quantitative estimate of drug-likeness (QED) is 0.721. The number of hydrogen-bond acceptors (Lipinski definition) is 5. The van der Waals surface area contributed by atoms with Gasteiger partial charge in [-0.3, -0.25) is 14.5 Å². The highest BCUT2D eigenvalue weighted by atomic mass is 16.4. The van der Waals surface area contributed by atoms with E-state index in [-0.39, 0.29) is 30.6 Å². The third kappa shape index (κ3) is 4.01. The van der Waals surface area contributed by atoms with E-state index in [9.17, 15) is 9.59 Å². The zero-order chi connectivity index (χ0) is 20.4. The number of carbonyl (C=O) groups excluding carboxylic acids is 1. The molecule has 8 heteroatoms. The number of nitrogens with one attached hydrogen (secondary N) is 1. The van der Waals surface area contributed by atoms with Crippen molar-refractivity contribution in [3.05, 3.63) is 23.5 Å². The van der Waals surface area contributed by atoms with Crippen LogP contribution in [0, 0.1) is 6.92 Å². The predicted octanol–water partition coefficient (Wildman–Crippen LogP) is 2.38. The number of rotatable bonds is 8. The summed E-state index contributed by atoms with van der Waals surface area (Å²) >= 11 is 0. The van der Waals surface area contributed by atoms with Crippen molar-refractivity contribution in [3.63, 3.8) is 0 Å². The summed E-state index contributed by atoms with van der Waals surface area (Å²) in [5.74, 6) is -0.939. The Bertz CT molecular complexity index is 872. The lowest BCUT2D eigenvalue weighted by Crippen LogP contribution is -2.54. The Hall–Kier alpha value is -2.48.